The molecule has 200 valence electrons. The Morgan fingerprint density at radius 1 is 0.842 bits per heavy atom. The summed E-state index contributed by atoms with van der Waals surface area (Å²) in [7, 11) is 3.00. The fourth-order valence-corrected chi connectivity index (χ4v) is 5.12. The van der Waals surface area contributed by atoms with Crippen molar-refractivity contribution in [3.8, 4) is 39.9 Å². The van der Waals surface area contributed by atoms with Gasteiger partial charge in [0.25, 0.3) is 0 Å². The molecule has 11 nitrogen and oxygen atoms in total. The van der Waals surface area contributed by atoms with Gasteiger partial charge >= 0.3 is 5.97 Å². The molecular formula is C27H26O11. The molecular weight excluding hydrogens is 500 g/mol. The Kier molecular flexibility index (Phi) is 5.95. The molecule has 11 heteroatoms. The van der Waals surface area contributed by atoms with Crippen molar-refractivity contribution >= 4 is 16.7 Å². The number of ether oxygens (including phenoxy) is 7. The fourth-order valence-electron chi connectivity index (χ4n) is 5.12. The quantitative estimate of drug-likeness (QED) is 0.421. The highest BCUT2D eigenvalue weighted by Crippen LogP contribution is 2.49. The van der Waals surface area contributed by atoms with Crippen LogP contribution in [-0.2, 0) is 16.1 Å². The summed E-state index contributed by atoms with van der Waals surface area (Å²) in [6.45, 7) is 1.57. The summed E-state index contributed by atoms with van der Waals surface area (Å²) in [6, 6.07) is 8.80. The largest absolute Gasteiger partial charge is 0.493 e. The lowest BCUT2D eigenvalue weighted by Gasteiger charge is -2.39. The molecule has 3 aliphatic rings. The molecule has 0 spiro atoms. The lowest BCUT2D eigenvalue weighted by Crippen LogP contribution is -2.58. The number of rotatable bonds is 5. The van der Waals surface area contributed by atoms with Gasteiger partial charge in [0.1, 0.15) is 30.7 Å². The lowest BCUT2D eigenvalue weighted by molar-refractivity contribution is -0.268. The van der Waals surface area contributed by atoms with Crippen LogP contribution < -0.4 is 23.7 Å². The monoisotopic (exact) mass is 526 g/mol. The van der Waals surface area contributed by atoms with E-state index in [0.717, 1.165) is 0 Å². The third-order valence-electron chi connectivity index (χ3n) is 7.12. The van der Waals surface area contributed by atoms with Crippen molar-refractivity contribution in [2.45, 2.75) is 44.2 Å². The molecule has 38 heavy (non-hydrogen) atoms. The maximum absolute atomic E-state index is 13.1. The minimum Gasteiger partial charge on any atom is -0.493 e. The normalized spacial score (nSPS) is 25.7. The molecule has 0 aromatic heterocycles. The minimum atomic E-state index is -1.56. The van der Waals surface area contributed by atoms with Gasteiger partial charge in [-0.1, -0.05) is 6.07 Å². The first-order chi connectivity index (χ1) is 18.3. The highest BCUT2D eigenvalue weighted by Gasteiger charge is 2.44. The molecule has 3 aliphatic heterocycles. The molecule has 0 saturated carbocycles. The third kappa shape index (κ3) is 3.70. The lowest BCUT2D eigenvalue weighted by atomic mass is 9.89. The van der Waals surface area contributed by atoms with Crippen molar-refractivity contribution in [3.63, 3.8) is 0 Å². The van der Waals surface area contributed by atoms with Crippen molar-refractivity contribution in [3.05, 3.63) is 41.5 Å². The van der Waals surface area contributed by atoms with Crippen LogP contribution in [-0.4, -0.2) is 73.0 Å². The zero-order chi connectivity index (χ0) is 26.7. The molecule has 0 bridgehead atoms. The summed E-state index contributed by atoms with van der Waals surface area (Å²) in [5.74, 6) is 1.61. The molecule has 3 aromatic rings. The van der Waals surface area contributed by atoms with Gasteiger partial charge in [0.05, 0.1) is 25.9 Å². The molecule has 3 aromatic carbocycles. The van der Waals surface area contributed by atoms with E-state index >= 15 is 0 Å². The van der Waals surface area contributed by atoms with E-state index in [1.54, 1.807) is 31.2 Å². The van der Waals surface area contributed by atoms with E-state index in [1.807, 2.05) is 6.07 Å². The number of aliphatic hydroxyl groups is 3. The van der Waals surface area contributed by atoms with Gasteiger partial charge in [-0.05, 0) is 42.1 Å². The van der Waals surface area contributed by atoms with Crippen molar-refractivity contribution in [2.75, 3.05) is 21.0 Å². The van der Waals surface area contributed by atoms with Gasteiger partial charge in [-0.25, -0.2) is 4.79 Å². The van der Waals surface area contributed by atoms with Crippen LogP contribution in [0.25, 0.3) is 21.9 Å². The second-order valence-electron chi connectivity index (χ2n) is 9.25. The maximum Gasteiger partial charge on any atom is 0.339 e. The molecule has 0 aliphatic carbocycles. The van der Waals surface area contributed by atoms with Crippen LogP contribution in [0.2, 0.25) is 0 Å². The van der Waals surface area contributed by atoms with Gasteiger partial charge in [-0.2, -0.15) is 0 Å². The van der Waals surface area contributed by atoms with E-state index in [9.17, 15) is 20.1 Å². The van der Waals surface area contributed by atoms with E-state index in [0.29, 0.717) is 50.5 Å². The van der Waals surface area contributed by atoms with Crippen LogP contribution in [0.5, 0.6) is 28.7 Å². The van der Waals surface area contributed by atoms with Gasteiger partial charge in [0.2, 0.25) is 13.1 Å². The Hall–Kier alpha value is -3.77. The second kappa shape index (κ2) is 9.21. The van der Waals surface area contributed by atoms with Crippen molar-refractivity contribution in [1.29, 1.82) is 0 Å². The number of methoxy groups -OCH3 is 2. The van der Waals surface area contributed by atoms with Crippen LogP contribution in [0.4, 0.5) is 0 Å². The standard InChI is InChI=1S/C27H26O11/c1-11-22(28)23(29)24(30)27(37-11)38-25-14-8-18(33-3)17(32-2)7-13(14)20(21-15(25)9-34-26(21)31)12-4-5-16-19(6-12)36-10-35-16/h4-8,11,22-24,27-30H,9-10H2,1-3H3/t11-,22+,23+,24-,27-/m0/s1. The predicted molar refractivity (Wildman–Crippen MR) is 131 cm³/mol. The van der Waals surface area contributed by atoms with E-state index in [1.165, 1.54) is 14.2 Å². The van der Waals surface area contributed by atoms with Gasteiger partial charge in [0, 0.05) is 16.5 Å². The number of carbonyl (C=O) groups is 1. The van der Waals surface area contributed by atoms with Crippen LogP contribution >= 0.6 is 0 Å². The summed E-state index contributed by atoms with van der Waals surface area (Å²) < 4.78 is 39.4. The highest BCUT2D eigenvalue weighted by molar-refractivity contribution is 6.14. The van der Waals surface area contributed by atoms with E-state index in [4.69, 9.17) is 33.2 Å². The van der Waals surface area contributed by atoms with Crippen molar-refractivity contribution in [2.24, 2.45) is 0 Å². The number of carbonyl (C=O) groups excluding carboxylic acids is 1. The highest BCUT2D eigenvalue weighted by atomic mass is 16.7. The van der Waals surface area contributed by atoms with E-state index in [-0.39, 0.29) is 24.7 Å². The summed E-state index contributed by atoms with van der Waals surface area (Å²) in [5, 5.41) is 32.2. The van der Waals surface area contributed by atoms with Gasteiger partial charge in [-0.3, -0.25) is 0 Å². The van der Waals surface area contributed by atoms with Gasteiger partial charge in [0.15, 0.2) is 23.0 Å². The Morgan fingerprint density at radius 2 is 1.55 bits per heavy atom. The third-order valence-corrected chi connectivity index (χ3v) is 7.12. The number of fused-ring (bicyclic) bond motifs is 3. The van der Waals surface area contributed by atoms with Crippen LogP contribution in [0.15, 0.2) is 30.3 Å². The maximum atomic E-state index is 13.1. The SMILES string of the molecule is COc1cc2c(O[C@@H]3O[C@@H](C)[C@@H](O)[C@@H](O)[C@@H]3O)c3c(c(-c4ccc5c(c4)OCO5)c2cc1OC)C(=O)OC3. The topological polar surface area (TPSA) is 142 Å². The molecule has 1 saturated heterocycles. The minimum absolute atomic E-state index is 0.0884. The Labute approximate surface area is 217 Å². The van der Waals surface area contributed by atoms with E-state index in [2.05, 4.69) is 0 Å². The summed E-state index contributed by atoms with van der Waals surface area (Å²) in [6.07, 6.45) is -6.51. The van der Waals surface area contributed by atoms with Crippen molar-refractivity contribution < 1.29 is 53.3 Å². The molecule has 5 atom stereocenters. The molecule has 0 radical (unpaired) electrons. The summed E-state index contributed by atoms with van der Waals surface area (Å²) in [4.78, 5) is 13.1. The van der Waals surface area contributed by atoms with Gasteiger partial charge < -0.3 is 48.5 Å². The molecule has 3 N–H and O–H groups in total. The first-order valence-corrected chi connectivity index (χ1v) is 12.0. The number of benzene rings is 3. The molecule has 0 amide bonds. The smallest absolute Gasteiger partial charge is 0.339 e. The zero-order valence-corrected chi connectivity index (χ0v) is 20.8. The number of cyclic esters (lactones) is 1. The number of hydrogen-bond donors (Lipinski definition) is 3. The van der Waals surface area contributed by atoms with E-state index < -0.39 is 36.7 Å². The number of hydrogen-bond acceptors (Lipinski definition) is 11. The number of esters is 1. The molecule has 0 unspecified atom stereocenters. The average Bonchev–Trinajstić information content (AvgIpc) is 3.55. The Morgan fingerprint density at radius 3 is 2.29 bits per heavy atom. The first-order valence-electron chi connectivity index (χ1n) is 12.0. The fraction of sp³-hybridized carbons (Fsp3) is 0.370. The zero-order valence-electron chi connectivity index (χ0n) is 20.8. The molecule has 1 fully saturated rings. The molecule has 3 heterocycles. The first kappa shape index (κ1) is 24.6. The Bertz CT molecular complexity index is 1430. The predicted octanol–water partition coefficient (Wildman–Crippen LogP) is 2.13. The second-order valence-corrected chi connectivity index (χ2v) is 9.25. The van der Waals surface area contributed by atoms with Gasteiger partial charge in [-0.15, -0.1) is 0 Å². The molecule has 6 rings (SSSR count). The number of aliphatic hydroxyl groups excluding tert-OH is 3. The van der Waals surface area contributed by atoms with Crippen LogP contribution in [0.3, 0.4) is 0 Å². The van der Waals surface area contributed by atoms with Crippen LogP contribution in [0.1, 0.15) is 22.8 Å². The van der Waals surface area contributed by atoms with Crippen molar-refractivity contribution in [1.82, 2.24) is 0 Å². The van der Waals surface area contributed by atoms with Crippen LogP contribution in [0, 0.1) is 0 Å². The average molecular weight is 526 g/mol. The Balaban J connectivity index is 1.61. The summed E-state index contributed by atoms with van der Waals surface area (Å²) in [5.41, 5.74) is 1.95. The summed E-state index contributed by atoms with van der Waals surface area (Å²) >= 11 is 0.